The summed E-state index contributed by atoms with van der Waals surface area (Å²) < 4.78 is 4.39. The Bertz CT molecular complexity index is 394. The van der Waals surface area contributed by atoms with Crippen LogP contribution in [0, 0.1) is 5.92 Å². The molecule has 0 aromatic carbocycles. The van der Waals surface area contributed by atoms with Crippen molar-refractivity contribution in [3.05, 3.63) is 12.2 Å². The first kappa shape index (κ1) is 16.0. The molecule has 0 aromatic rings. The lowest BCUT2D eigenvalue weighted by atomic mass is 9.94. The number of carbonyl (C=O) groups is 3. The molecule has 2 atom stereocenters. The second-order valence-corrected chi connectivity index (χ2v) is 4.68. The predicted molar refractivity (Wildman–Crippen MR) is 71.1 cm³/mol. The quantitative estimate of drug-likeness (QED) is 0.491. The number of carboxylic acids is 1. The Morgan fingerprint density at radius 1 is 1.40 bits per heavy atom. The number of ether oxygens (including phenoxy) is 1. The smallest absolute Gasteiger partial charge is 0.326 e. The van der Waals surface area contributed by atoms with Crippen LogP contribution in [-0.4, -0.2) is 42.8 Å². The summed E-state index contributed by atoms with van der Waals surface area (Å²) in [6.45, 7) is 0.487. The molecule has 7 heteroatoms. The number of hydrogen-bond acceptors (Lipinski definition) is 4. The number of esters is 1. The minimum atomic E-state index is -1.28. The van der Waals surface area contributed by atoms with Gasteiger partial charge in [0.2, 0.25) is 0 Å². The number of methoxy groups -OCH3 is 1. The summed E-state index contributed by atoms with van der Waals surface area (Å²) in [5.74, 6) is -1.59. The Balaban J connectivity index is 2.35. The first-order valence-corrected chi connectivity index (χ1v) is 6.52. The highest BCUT2D eigenvalue weighted by Gasteiger charge is 2.23. The van der Waals surface area contributed by atoms with Gasteiger partial charge < -0.3 is 20.5 Å². The van der Waals surface area contributed by atoms with Crippen LogP contribution in [-0.2, 0) is 14.3 Å². The molecule has 0 spiro atoms. The zero-order valence-corrected chi connectivity index (χ0v) is 11.4. The number of nitrogens with one attached hydrogen (secondary N) is 2. The fraction of sp³-hybridized carbons (Fsp3) is 0.615. The molecule has 112 valence electrons. The Labute approximate surface area is 117 Å². The van der Waals surface area contributed by atoms with Crippen LogP contribution in [0.2, 0.25) is 0 Å². The topological polar surface area (TPSA) is 105 Å². The van der Waals surface area contributed by atoms with Crippen LogP contribution in [0.25, 0.3) is 0 Å². The molecule has 0 fully saturated rings. The number of aliphatic carboxylic acids is 1. The molecule has 1 unspecified atom stereocenters. The molecule has 2 amide bonds. The van der Waals surface area contributed by atoms with Crippen LogP contribution in [0.1, 0.15) is 25.7 Å². The molecule has 20 heavy (non-hydrogen) atoms. The van der Waals surface area contributed by atoms with Crippen molar-refractivity contribution in [2.75, 3.05) is 13.7 Å². The van der Waals surface area contributed by atoms with E-state index in [0.717, 1.165) is 26.4 Å². The Kier molecular flexibility index (Phi) is 6.55. The van der Waals surface area contributed by atoms with Crippen LogP contribution in [0.4, 0.5) is 4.79 Å². The van der Waals surface area contributed by atoms with Crippen LogP contribution in [0.3, 0.4) is 0 Å². The second kappa shape index (κ2) is 8.19. The van der Waals surface area contributed by atoms with Crippen LogP contribution >= 0.6 is 0 Å². The van der Waals surface area contributed by atoms with E-state index in [9.17, 15) is 14.4 Å². The number of urea groups is 1. The van der Waals surface area contributed by atoms with E-state index in [1.165, 1.54) is 0 Å². The normalized spacial score (nSPS) is 18.9. The summed E-state index contributed by atoms with van der Waals surface area (Å²) in [7, 11) is 1.16. The third-order valence-electron chi connectivity index (χ3n) is 3.13. The van der Waals surface area contributed by atoms with Crippen molar-refractivity contribution in [3.8, 4) is 0 Å². The van der Waals surface area contributed by atoms with Crippen molar-refractivity contribution in [2.45, 2.75) is 31.7 Å². The SMILES string of the molecule is COC(=O)C[C@H](NC(=O)NCC1CC=CCC1)C(=O)O. The fourth-order valence-electron chi connectivity index (χ4n) is 1.94. The monoisotopic (exact) mass is 284 g/mol. The van der Waals surface area contributed by atoms with Crippen molar-refractivity contribution in [3.63, 3.8) is 0 Å². The lowest BCUT2D eigenvalue weighted by Gasteiger charge is -2.19. The standard InChI is InChI=1S/C13H20N2O5/c1-20-11(16)7-10(12(17)18)15-13(19)14-8-9-5-3-2-4-6-9/h2-3,9-10H,4-8H2,1H3,(H,17,18)(H2,14,15,19)/t9?,10-/m0/s1. The van der Waals surface area contributed by atoms with Gasteiger partial charge >= 0.3 is 18.0 Å². The molecule has 3 N–H and O–H groups in total. The van der Waals surface area contributed by atoms with Crippen LogP contribution in [0.15, 0.2) is 12.2 Å². The fourth-order valence-corrected chi connectivity index (χ4v) is 1.94. The highest BCUT2D eigenvalue weighted by atomic mass is 16.5. The van der Waals surface area contributed by atoms with Gasteiger partial charge in [0.25, 0.3) is 0 Å². The van der Waals surface area contributed by atoms with Crippen LogP contribution in [0.5, 0.6) is 0 Å². The summed E-state index contributed by atoms with van der Waals surface area (Å²) in [4.78, 5) is 33.6. The van der Waals surface area contributed by atoms with Gasteiger partial charge in [-0.25, -0.2) is 9.59 Å². The zero-order valence-electron chi connectivity index (χ0n) is 11.4. The van der Waals surface area contributed by atoms with Gasteiger partial charge in [-0.3, -0.25) is 4.79 Å². The summed E-state index contributed by atoms with van der Waals surface area (Å²) in [6.07, 6.45) is 6.68. The molecule has 1 aliphatic rings. The van der Waals surface area contributed by atoms with Gasteiger partial charge in [0.15, 0.2) is 0 Å². The summed E-state index contributed by atoms with van der Waals surface area (Å²) in [5, 5.41) is 13.8. The number of allylic oxidation sites excluding steroid dienone is 2. The summed E-state index contributed by atoms with van der Waals surface area (Å²) in [6, 6.07) is -1.87. The molecule has 0 saturated heterocycles. The highest BCUT2D eigenvalue weighted by Crippen LogP contribution is 2.16. The van der Waals surface area contributed by atoms with E-state index in [1.807, 2.05) is 0 Å². The number of carboxylic acid groups (broad SMARTS) is 1. The third kappa shape index (κ3) is 5.73. The van der Waals surface area contributed by atoms with Crippen molar-refractivity contribution >= 4 is 18.0 Å². The lowest BCUT2D eigenvalue weighted by molar-refractivity contribution is -0.147. The Morgan fingerprint density at radius 2 is 2.15 bits per heavy atom. The van der Waals surface area contributed by atoms with Gasteiger partial charge in [-0.2, -0.15) is 0 Å². The number of hydrogen-bond donors (Lipinski definition) is 3. The van der Waals surface area contributed by atoms with E-state index < -0.39 is 30.4 Å². The maximum absolute atomic E-state index is 11.6. The third-order valence-corrected chi connectivity index (χ3v) is 3.13. The van der Waals surface area contributed by atoms with Crippen LogP contribution < -0.4 is 10.6 Å². The molecule has 0 bridgehead atoms. The maximum atomic E-state index is 11.6. The average Bonchev–Trinajstić information content (AvgIpc) is 2.45. The summed E-state index contributed by atoms with van der Waals surface area (Å²) in [5.41, 5.74) is 0. The Hall–Kier alpha value is -2.05. The van der Waals surface area contributed by atoms with Gasteiger partial charge in [0.1, 0.15) is 6.04 Å². The van der Waals surface area contributed by atoms with E-state index in [0.29, 0.717) is 12.5 Å². The van der Waals surface area contributed by atoms with E-state index in [4.69, 9.17) is 5.11 Å². The average molecular weight is 284 g/mol. The molecule has 0 aromatic heterocycles. The molecule has 1 aliphatic carbocycles. The second-order valence-electron chi connectivity index (χ2n) is 4.68. The van der Waals surface area contributed by atoms with Gasteiger partial charge in [0.05, 0.1) is 13.5 Å². The maximum Gasteiger partial charge on any atom is 0.326 e. The first-order chi connectivity index (χ1) is 9.52. The van der Waals surface area contributed by atoms with Crippen molar-refractivity contribution in [2.24, 2.45) is 5.92 Å². The van der Waals surface area contributed by atoms with Crippen molar-refractivity contribution < 1.29 is 24.2 Å². The zero-order chi connectivity index (χ0) is 15.0. The molecule has 0 heterocycles. The molecule has 0 radical (unpaired) electrons. The molecular formula is C13H20N2O5. The highest BCUT2D eigenvalue weighted by molar-refractivity contribution is 5.86. The molecule has 7 nitrogen and oxygen atoms in total. The van der Waals surface area contributed by atoms with E-state index >= 15 is 0 Å². The van der Waals surface area contributed by atoms with Gasteiger partial charge in [-0.1, -0.05) is 12.2 Å². The van der Waals surface area contributed by atoms with Crippen molar-refractivity contribution in [1.82, 2.24) is 10.6 Å². The van der Waals surface area contributed by atoms with E-state index in [-0.39, 0.29) is 0 Å². The van der Waals surface area contributed by atoms with E-state index in [1.54, 1.807) is 0 Å². The Morgan fingerprint density at radius 3 is 2.70 bits per heavy atom. The number of carbonyl (C=O) groups excluding carboxylic acids is 2. The largest absolute Gasteiger partial charge is 0.480 e. The molecule has 0 aliphatic heterocycles. The lowest BCUT2D eigenvalue weighted by Crippen LogP contribution is -2.48. The first-order valence-electron chi connectivity index (χ1n) is 6.52. The molecule has 0 saturated carbocycles. The summed E-state index contributed by atoms with van der Waals surface area (Å²) >= 11 is 0. The minimum absolute atomic E-state index is 0.370. The predicted octanol–water partition coefficient (Wildman–Crippen LogP) is 0.658. The van der Waals surface area contributed by atoms with Crippen molar-refractivity contribution in [1.29, 1.82) is 0 Å². The number of rotatable bonds is 6. The minimum Gasteiger partial charge on any atom is -0.480 e. The van der Waals surface area contributed by atoms with Gasteiger partial charge in [-0.15, -0.1) is 0 Å². The number of amides is 2. The van der Waals surface area contributed by atoms with E-state index in [2.05, 4.69) is 27.5 Å². The molecule has 1 rings (SSSR count). The van der Waals surface area contributed by atoms with Gasteiger partial charge in [-0.05, 0) is 25.2 Å². The molecular weight excluding hydrogens is 264 g/mol. The van der Waals surface area contributed by atoms with Gasteiger partial charge in [0, 0.05) is 6.54 Å².